The van der Waals surface area contributed by atoms with Gasteiger partial charge in [0.1, 0.15) is 18.4 Å². The van der Waals surface area contributed by atoms with Gasteiger partial charge in [0.15, 0.2) is 0 Å². The number of hydrogen-bond donors (Lipinski definition) is 1. The van der Waals surface area contributed by atoms with Gasteiger partial charge in [-0.1, -0.05) is 61.5 Å². The molecule has 6 heteroatoms. The highest BCUT2D eigenvalue weighted by Gasteiger charge is 2.26. The number of fused-ring (bicyclic) bond motifs is 1. The lowest BCUT2D eigenvalue weighted by molar-refractivity contribution is -0.150. The van der Waals surface area contributed by atoms with Crippen LogP contribution in [0.3, 0.4) is 0 Å². The number of nitrogens with one attached hydrogen (secondary N) is 1. The molecule has 0 aliphatic heterocycles. The van der Waals surface area contributed by atoms with Crippen molar-refractivity contribution in [3.63, 3.8) is 0 Å². The minimum Gasteiger partial charge on any atom is -0.459 e. The molecule has 0 aliphatic carbocycles. The topological polar surface area (TPSA) is 81.4 Å². The van der Waals surface area contributed by atoms with Crippen molar-refractivity contribution in [3.05, 3.63) is 65.0 Å². The van der Waals surface area contributed by atoms with Crippen molar-refractivity contribution >= 4 is 22.6 Å². The van der Waals surface area contributed by atoms with E-state index in [1.54, 1.807) is 13.8 Å². The van der Waals surface area contributed by atoms with Gasteiger partial charge < -0.3 is 14.6 Å². The van der Waals surface area contributed by atoms with Gasteiger partial charge in [-0.15, -0.1) is 0 Å². The number of hydrogen-bond acceptors (Lipinski definition) is 5. The first-order valence-corrected chi connectivity index (χ1v) is 9.71. The first kappa shape index (κ1) is 20.6. The van der Waals surface area contributed by atoms with Crippen molar-refractivity contribution in [1.82, 2.24) is 10.5 Å². The standard InChI is InChI=1S/C23H26N2O4/c1-14(2)22(23(27)28-13-20-15(3)25-29-16(20)4)24-21(26)12-18-10-7-9-17-8-5-6-11-19(17)18/h5-11,14,22H,12-13H2,1-4H3,(H,24,26). The van der Waals surface area contributed by atoms with Crippen LogP contribution in [0.25, 0.3) is 10.8 Å². The molecule has 1 unspecified atom stereocenters. The average Bonchev–Trinajstić information content (AvgIpc) is 3.02. The predicted molar refractivity (Wildman–Crippen MR) is 110 cm³/mol. The number of benzene rings is 2. The van der Waals surface area contributed by atoms with Gasteiger partial charge in [0.05, 0.1) is 17.7 Å². The van der Waals surface area contributed by atoms with E-state index in [0.717, 1.165) is 21.9 Å². The molecule has 1 amide bonds. The van der Waals surface area contributed by atoms with Gasteiger partial charge in [-0.2, -0.15) is 0 Å². The first-order chi connectivity index (χ1) is 13.9. The van der Waals surface area contributed by atoms with Crippen molar-refractivity contribution in [1.29, 1.82) is 0 Å². The fraction of sp³-hybridized carbons (Fsp3) is 0.348. The van der Waals surface area contributed by atoms with E-state index >= 15 is 0 Å². The van der Waals surface area contributed by atoms with Crippen LogP contribution in [-0.4, -0.2) is 23.1 Å². The molecular formula is C23H26N2O4. The lowest BCUT2D eigenvalue weighted by Crippen LogP contribution is -2.45. The SMILES string of the molecule is Cc1noc(C)c1COC(=O)C(NC(=O)Cc1cccc2ccccc12)C(C)C. The van der Waals surface area contributed by atoms with Crippen molar-refractivity contribution < 1.29 is 18.8 Å². The maximum absolute atomic E-state index is 12.7. The molecule has 1 N–H and O–H groups in total. The van der Waals surface area contributed by atoms with E-state index < -0.39 is 12.0 Å². The molecule has 3 rings (SSSR count). The Bertz CT molecular complexity index is 998. The van der Waals surface area contributed by atoms with Gasteiger partial charge in [0.25, 0.3) is 0 Å². The largest absolute Gasteiger partial charge is 0.459 e. The minimum absolute atomic E-state index is 0.0718. The van der Waals surface area contributed by atoms with Crippen LogP contribution in [-0.2, 0) is 27.4 Å². The molecule has 0 aliphatic rings. The van der Waals surface area contributed by atoms with Gasteiger partial charge in [0.2, 0.25) is 5.91 Å². The molecule has 1 aromatic heterocycles. The highest BCUT2D eigenvalue weighted by atomic mass is 16.5. The second-order valence-electron chi connectivity index (χ2n) is 7.51. The third-order valence-corrected chi connectivity index (χ3v) is 5.01. The number of nitrogens with zero attached hydrogens (tertiary/aromatic N) is 1. The Kier molecular flexibility index (Phi) is 6.32. The number of esters is 1. The van der Waals surface area contributed by atoms with E-state index in [-0.39, 0.29) is 24.9 Å². The van der Waals surface area contributed by atoms with Crippen LogP contribution in [0.15, 0.2) is 47.0 Å². The maximum Gasteiger partial charge on any atom is 0.329 e. The van der Waals surface area contributed by atoms with Crippen LogP contribution in [0.1, 0.15) is 36.4 Å². The molecule has 1 heterocycles. The van der Waals surface area contributed by atoms with Gasteiger partial charge in [-0.3, -0.25) is 4.79 Å². The monoisotopic (exact) mass is 394 g/mol. The molecule has 152 valence electrons. The number of carbonyl (C=O) groups is 2. The van der Waals surface area contributed by atoms with Crippen LogP contribution in [0.5, 0.6) is 0 Å². The molecule has 0 saturated heterocycles. The van der Waals surface area contributed by atoms with E-state index in [9.17, 15) is 9.59 Å². The fourth-order valence-corrected chi connectivity index (χ4v) is 3.28. The highest BCUT2D eigenvalue weighted by Crippen LogP contribution is 2.19. The summed E-state index contributed by atoms with van der Waals surface area (Å²) in [5.74, 6) is -0.166. The molecule has 0 fully saturated rings. The van der Waals surface area contributed by atoms with Crippen molar-refractivity contribution in [2.75, 3.05) is 0 Å². The zero-order valence-electron chi connectivity index (χ0n) is 17.2. The second-order valence-corrected chi connectivity index (χ2v) is 7.51. The van der Waals surface area contributed by atoms with Crippen molar-refractivity contribution in [2.24, 2.45) is 5.92 Å². The maximum atomic E-state index is 12.7. The summed E-state index contributed by atoms with van der Waals surface area (Å²) in [7, 11) is 0. The summed E-state index contributed by atoms with van der Waals surface area (Å²) in [5, 5.41) is 8.81. The van der Waals surface area contributed by atoms with E-state index in [2.05, 4.69) is 10.5 Å². The van der Waals surface area contributed by atoms with Crippen molar-refractivity contribution in [3.8, 4) is 0 Å². The summed E-state index contributed by atoms with van der Waals surface area (Å²) in [6, 6.07) is 13.1. The van der Waals surface area contributed by atoms with Crippen LogP contribution in [0.2, 0.25) is 0 Å². The van der Waals surface area contributed by atoms with Crippen LogP contribution in [0.4, 0.5) is 0 Å². The summed E-state index contributed by atoms with van der Waals surface area (Å²) in [4.78, 5) is 25.3. The van der Waals surface area contributed by atoms with Crippen LogP contribution < -0.4 is 5.32 Å². The first-order valence-electron chi connectivity index (χ1n) is 9.71. The van der Waals surface area contributed by atoms with Gasteiger partial charge in [-0.25, -0.2) is 4.79 Å². The Labute approximate surface area is 170 Å². The molecule has 2 aromatic carbocycles. The summed E-state index contributed by atoms with van der Waals surface area (Å²) >= 11 is 0. The summed E-state index contributed by atoms with van der Waals surface area (Å²) in [6.07, 6.45) is 0.196. The number of amides is 1. The number of ether oxygens (including phenoxy) is 1. The lowest BCUT2D eigenvalue weighted by atomic mass is 10.0. The minimum atomic E-state index is -0.724. The number of aryl methyl sites for hydroxylation is 2. The Balaban J connectivity index is 1.66. The molecule has 0 bridgehead atoms. The summed E-state index contributed by atoms with van der Waals surface area (Å²) in [5.41, 5.74) is 2.37. The van der Waals surface area contributed by atoms with Crippen LogP contribution >= 0.6 is 0 Å². The highest BCUT2D eigenvalue weighted by molar-refractivity contribution is 5.91. The third-order valence-electron chi connectivity index (χ3n) is 5.01. The normalized spacial score (nSPS) is 12.2. The molecule has 29 heavy (non-hydrogen) atoms. The molecule has 0 saturated carbocycles. The molecule has 0 radical (unpaired) electrons. The Morgan fingerprint density at radius 2 is 1.83 bits per heavy atom. The Morgan fingerprint density at radius 1 is 1.10 bits per heavy atom. The molecule has 0 spiro atoms. The van der Waals surface area contributed by atoms with Gasteiger partial charge in [0, 0.05) is 0 Å². The summed E-state index contributed by atoms with van der Waals surface area (Å²) in [6.45, 7) is 7.39. The zero-order chi connectivity index (χ0) is 21.0. The number of aromatic nitrogens is 1. The van der Waals surface area contributed by atoms with Gasteiger partial charge >= 0.3 is 5.97 Å². The van der Waals surface area contributed by atoms with E-state index in [1.807, 2.05) is 56.3 Å². The fourth-order valence-electron chi connectivity index (χ4n) is 3.28. The number of rotatable bonds is 7. The second kappa shape index (κ2) is 8.90. The quantitative estimate of drug-likeness (QED) is 0.615. The molecular weight excluding hydrogens is 368 g/mol. The van der Waals surface area contributed by atoms with Gasteiger partial charge in [-0.05, 0) is 36.1 Å². The average molecular weight is 394 g/mol. The van der Waals surface area contributed by atoms with Crippen molar-refractivity contribution in [2.45, 2.75) is 46.8 Å². The van der Waals surface area contributed by atoms with Crippen LogP contribution in [0, 0.1) is 19.8 Å². The van der Waals surface area contributed by atoms with E-state index in [0.29, 0.717) is 11.5 Å². The lowest BCUT2D eigenvalue weighted by Gasteiger charge is -2.21. The van der Waals surface area contributed by atoms with E-state index in [4.69, 9.17) is 9.26 Å². The predicted octanol–water partition coefficient (Wildman–Crippen LogP) is 3.87. The Hall–Kier alpha value is -3.15. The molecule has 1 atom stereocenters. The summed E-state index contributed by atoms with van der Waals surface area (Å²) < 4.78 is 10.5. The van der Waals surface area contributed by atoms with E-state index in [1.165, 1.54) is 0 Å². The molecule has 3 aromatic rings. The zero-order valence-corrected chi connectivity index (χ0v) is 17.2. The number of carbonyl (C=O) groups excluding carboxylic acids is 2. The Morgan fingerprint density at radius 3 is 2.52 bits per heavy atom. The molecule has 6 nitrogen and oxygen atoms in total. The smallest absolute Gasteiger partial charge is 0.329 e. The third kappa shape index (κ3) is 4.83.